The van der Waals surface area contributed by atoms with Crippen LogP contribution in [0.25, 0.3) is 0 Å². The van der Waals surface area contributed by atoms with Crippen molar-refractivity contribution in [1.82, 2.24) is 10.6 Å². The molecule has 1 aromatic rings. The summed E-state index contributed by atoms with van der Waals surface area (Å²) in [5, 5.41) is 5.87. The third kappa shape index (κ3) is 9.46. The molecule has 11 heteroatoms. The van der Waals surface area contributed by atoms with Gasteiger partial charge in [-0.3, -0.25) is 14.4 Å². The van der Waals surface area contributed by atoms with Gasteiger partial charge in [-0.25, -0.2) is 4.79 Å². The number of ether oxygens (including phenoxy) is 4. The van der Waals surface area contributed by atoms with E-state index in [0.29, 0.717) is 22.9 Å². The van der Waals surface area contributed by atoms with E-state index in [9.17, 15) is 19.2 Å². The first kappa shape index (κ1) is 32.4. The van der Waals surface area contributed by atoms with Gasteiger partial charge in [0.15, 0.2) is 6.10 Å². The molecule has 0 radical (unpaired) electrons. The lowest BCUT2D eigenvalue weighted by Gasteiger charge is -2.29. The fraction of sp³-hybridized carbons (Fsp3) is 0.600. The monoisotopic (exact) mass is 592 g/mol. The molecule has 2 amide bonds. The summed E-state index contributed by atoms with van der Waals surface area (Å²) in [5.41, 5.74) is -0.468. The number of nitrogens with one attached hydrogen (secondary N) is 2. The second-order valence-electron chi connectivity index (χ2n) is 11.7. The molecule has 2 heterocycles. The molecule has 1 saturated heterocycles. The van der Waals surface area contributed by atoms with Gasteiger partial charge in [0.25, 0.3) is 0 Å². The highest BCUT2D eigenvalue weighted by Gasteiger charge is 2.40. The molecule has 2 aliphatic rings. The fourth-order valence-corrected chi connectivity index (χ4v) is 4.70. The molecule has 1 fully saturated rings. The lowest BCUT2D eigenvalue weighted by atomic mass is 9.93. The third-order valence-corrected chi connectivity index (χ3v) is 7.48. The second kappa shape index (κ2) is 14.2. The highest BCUT2D eigenvalue weighted by molar-refractivity contribution is 6.32. The van der Waals surface area contributed by atoms with Crippen LogP contribution in [0, 0.1) is 17.3 Å². The molecule has 10 nitrogen and oxygen atoms in total. The highest BCUT2D eigenvalue weighted by atomic mass is 35.5. The molecular weight excluding hydrogens is 552 g/mol. The van der Waals surface area contributed by atoms with Crippen LogP contribution in [0.15, 0.2) is 30.4 Å². The van der Waals surface area contributed by atoms with Gasteiger partial charge in [0, 0.05) is 25.3 Å². The van der Waals surface area contributed by atoms with Crippen molar-refractivity contribution in [1.29, 1.82) is 0 Å². The predicted octanol–water partition coefficient (Wildman–Crippen LogP) is 3.38. The topological polar surface area (TPSA) is 133 Å². The molecule has 3 rings (SSSR count). The Morgan fingerprint density at radius 2 is 1.80 bits per heavy atom. The van der Waals surface area contributed by atoms with Crippen molar-refractivity contribution < 1.29 is 38.1 Å². The summed E-state index contributed by atoms with van der Waals surface area (Å²) in [7, 11) is 1.50. The Labute approximate surface area is 246 Å². The van der Waals surface area contributed by atoms with Gasteiger partial charge >= 0.3 is 11.9 Å². The molecule has 0 aromatic heterocycles. The van der Waals surface area contributed by atoms with E-state index in [4.69, 9.17) is 30.5 Å². The number of esters is 2. The zero-order valence-corrected chi connectivity index (χ0v) is 25.3. The van der Waals surface area contributed by atoms with E-state index in [0.717, 1.165) is 0 Å². The lowest BCUT2D eigenvalue weighted by molar-refractivity contribution is -0.179. The molecule has 1 aromatic carbocycles. The van der Waals surface area contributed by atoms with E-state index in [-0.39, 0.29) is 43.7 Å². The number of methoxy groups -OCH3 is 1. The number of hydrogen-bond donors (Lipinski definition) is 2. The van der Waals surface area contributed by atoms with E-state index in [1.165, 1.54) is 13.2 Å². The maximum atomic E-state index is 13.3. The molecule has 0 aliphatic carbocycles. The Balaban J connectivity index is 1.90. The van der Waals surface area contributed by atoms with E-state index in [1.54, 1.807) is 38.1 Å². The van der Waals surface area contributed by atoms with Gasteiger partial charge in [-0.1, -0.05) is 44.5 Å². The average Bonchev–Trinajstić information content (AvgIpc) is 3.75. The van der Waals surface area contributed by atoms with Crippen LogP contribution in [0.1, 0.15) is 53.0 Å². The first-order chi connectivity index (χ1) is 19.3. The van der Waals surface area contributed by atoms with Gasteiger partial charge in [-0.15, -0.1) is 0 Å². The van der Waals surface area contributed by atoms with Crippen LogP contribution in [-0.2, 0) is 39.8 Å². The number of carbonyl (C=O) groups is 4. The quantitative estimate of drug-likeness (QED) is 0.364. The Bertz CT molecular complexity index is 1150. The van der Waals surface area contributed by atoms with Gasteiger partial charge in [0.2, 0.25) is 11.8 Å². The maximum absolute atomic E-state index is 13.3. The fourth-order valence-electron chi connectivity index (χ4n) is 4.42. The van der Waals surface area contributed by atoms with E-state index >= 15 is 0 Å². The maximum Gasteiger partial charge on any atom is 0.347 e. The number of rotatable bonds is 7. The SMILES string of the molecule is COc1ccc(C[C@H]2NC(=O)/C=C/C[C@@H]([C@@H](C)[C@@H]3CO3)OC(=O)[C@H](CC(C)C)OC(=O)C(C)(C)CNC2=O)cc1Cl. The normalized spacial score (nSPS) is 27.2. The van der Waals surface area contributed by atoms with Crippen molar-refractivity contribution >= 4 is 35.4 Å². The molecule has 5 atom stereocenters. The van der Waals surface area contributed by atoms with E-state index in [2.05, 4.69) is 10.6 Å². The number of hydrogen-bond acceptors (Lipinski definition) is 8. The van der Waals surface area contributed by atoms with Crippen LogP contribution in [0.4, 0.5) is 0 Å². The average molecular weight is 593 g/mol. The van der Waals surface area contributed by atoms with Gasteiger partial charge in [0.05, 0.1) is 30.3 Å². The summed E-state index contributed by atoms with van der Waals surface area (Å²) in [6.45, 7) is 9.45. The Hall–Kier alpha value is -3.11. The predicted molar refractivity (Wildman–Crippen MR) is 152 cm³/mol. The van der Waals surface area contributed by atoms with Crippen molar-refractivity contribution in [2.24, 2.45) is 17.3 Å². The molecule has 0 spiro atoms. The number of epoxide rings is 1. The van der Waals surface area contributed by atoms with Crippen molar-refractivity contribution in [2.75, 3.05) is 20.3 Å². The number of halogens is 1. The zero-order chi connectivity index (χ0) is 30.3. The van der Waals surface area contributed by atoms with Crippen molar-refractivity contribution in [3.05, 3.63) is 40.9 Å². The summed E-state index contributed by atoms with van der Waals surface area (Å²) < 4.78 is 22.2. The van der Waals surface area contributed by atoms with Crippen molar-refractivity contribution in [3.8, 4) is 5.75 Å². The molecular formula is C30H41ClN2O8. The summed E-state index contributed by atoms with van der Waals surface area (Å²) in [6, 6.07) is 4.16. The van der Waals surface area contributed by atoms with Crippen LogP contribution >= 0.6 is 11.6 Å². The number of cyclic esters (lactones) is 2. The zero-order valence-electron chi connectivity index (χ0n) is 24.5. The molecule has 0 unspecified atom stereocenters. The minimum absolute atomic E-state index is 0.0483. The van der Waals surface area contributed by atoms with Gasteiger partial charge in [-0.05, 0) is 50.0 Å². The van der Waals surface area contributed by atoms with Crippen molar-refractivity contribution in [3.63, 3.8) is 0 Å². The molecule has 226 valence electrons. The molecule has 0 saturated carbocycles. The molecule has 2 aliphatic heterocycles. The van der Waals surface area contributed by atoms with Gasteiger partial charge in [-0.2, -0.15) is 0 Å². The first-order valence-corrected chi connectivity index (χ1v) is 14.3. The largest absolute Gasteiger partial charge is 0.495 e. The molecule has 41 heavy (non-hydrogen) atoms. The van der Waals surface area contributed by atoms with Crippen LogP contribution in [-0.4, -0.2) is 68.4 Å². The van der Waals surface area contributed by atoms with Crippen LogP contribution in [0.3, 0.4) is 0 Å². The van der Waals surface area contributed by atoms with E-state index in [1.807, 2.05) is 20.8 Å². The Morgan fingerprint density at radius 1 is 1.10 bits per heavy atom. The van der Waals surface area contributed by atoms with Crippen LogP contribution in [0.5, 0.6) is 5.75 Å². The van der Waals surface area contributed by atoms with Crippen LogP contribution in [0.2, 0.25) is 5.02 Å². The summed E-state index contributed by atoms with van der Waals surface area (Å²) in [6.07, 6.45) is 1.81. The standard InChI is InChI=1S/C30H41ClN2O8/c1-17(2)12-24-28(36)40-22(18(3)25-15-39-25)8-7-9-26(34)33-21(14-19-10-11-23(38-6)20(31)13-19)27(35)32-16-30(4,5)29(37)41-24/h7,9-11,13,17-18,21-22,24-25H,8,12,14-16H2,1-6H3,(H,32,35)(H,33,34)/b9-7+/t18-,21-,22+,24+,25+/m1/s1. The minimum atomic E-state index is -1.17. The number of benzene rings is 1. The second-order valence-corrected chi connectivity index (χ2v) is 12.1. The van der Waals surface area contributed by atoms with Gasteiger partial charge in [0.1, 0.15) is 17.9 Å². The van der Waals surface area contributed by atoms with E-state index < -0.39 is 47.4 Å². The third-order valence-electron chi connectivity index (χ3n) is 7.18. The lowest BCUT2D eigenvalue weighted by Crippen LogP contribution is -2.51. The summed E-state index contributed by atoms with van der Waals surface area (Å²) in [5.74, 6) is -1.88. The number of amides is 2. The Kier molecular flexibility index (Phi) is 11.2. The highest BCUT2D eigenvalue weighted by Crippen LogP contribution is 2.29. The van der Waals surface area contributed by atoms with Crippen LogP contribution < -0.4 is 15.4 Å². The van der Waals surface area contributed by atoms with Crippen molar-refractivity contribution in [2.45, 2.75) is 78.2 Å². The number of carbonyl (C=O) groups excluding carboxylic acids is 4. The Morgan fingerprint density at radius 3 is 2.41 bits per heavy atom. The summed E-state index contributed by atoms with van der Waals surface area (Å²) in [4.78, 5) is 52.6. The summed E-state index contributed by atoms with van der Waals surface area (Å²) >= 11 is 6.27. The smallest absolute Gasteiger partial charge is 0.347 e. The van der Waals surface area contributed by atoms with Gasteiger partial charge < -0.3 is 29.6 Å². The molecule has 2 N–H and O–H groups in total. The minimum Gasteiger partial charge on any atom is -0.495 e. The molecule has 0 bridgehead atoms. The first-order valence-electron chi connectivity index (χ1n) is 13.9.